The summed E-state index contributed by atoms with van der Waals surface area (Å²) in [6, 6.07) is 15.0. The Morgan fingerprint density at radius 3 is 2.00 bits per heavy atom. The van der Waals surface area contributed by atoms with Crippen LogP contribution in [0.5, 0.6) is 0 Å². The fourth-order valence-corrected chi connectivity index (χ4v) is 4.96. The van der Waals surface area contributed by atoms with Crippen LogP contribution in [0.3, 0.4) is 0 Å². The van der Waals surface area contributed by atoms with Crippen LogP contribution in [-0.2, 0) is 14.3 Å². The maximum Gasteiger partial charge on any atom is 0.407 e. The molecular weight excluding hydrogens is 446 g/mol. The highest BCUT2D eigenvalue weighted by atomic mass is 16.5. The average Bonchev–Trinajstić information content (AvgIpc) is 3.18. The fraction of sp³-hybridized carbons (Fsp3) is 0.444. The quantitative estimate of drug-likeness (QED) is 0.633. The maximum absolute atomic E-state index is 13.2. The van der Waals surface area contributed by atoms with Gasteiger partial charge in [0.1, 0.15) is 18.7 Å². The summed E-state index contributed by atoms with van der Waals surface area (Å²) >= 11 is 0. The molecular formula is C27H33N3O5. The SMILES string of the molecule is CC(C)[C@H](NC(=O)OCC1c2ccccc2-c2ccccc21)C(=O)N1CCN(C(C)C(=O)O)CC1. The van der Waals surface area contributed by atoms with Crippen LogP contribution in [0, 0.1) is 5.92 Å². The third-order valence-electron chi connectivity index (χ3n) is 7.08. The molecule has 0 spiro atoms. The van der Waals surface area contributed by atoms with Gasteiger partial charge in [0.2, 0.25) is 5.91 Å². The average molecular weight is 480 g/mol. The number of carboxylic acids is 1. The van der Waals surface area contributed by atoms with Crippen LogP contribution in [0.2, 0.25) is 0 Å². The van der Waals surface area contributed by atoms with E-state index in [1.807, 2.05) is 43.0 Å². The zero-order valence-electron chi connectivity index (χ0n) is 20.4. The second-order valence-electron chi connectivity index (χ2n) is 9.57. The largest absolute Gasteiger partial charge is 0.480 e. The van der Waals surface area contributed by atoms with Crippen LogP contribution < -0.4 is 5.32 Å². The van der Waals surface area contributed by atoms with Crippen molar-refractivity contribution < 1.29 is 24.2 Å². The lowest BCUT2D eigenvalue weighted by Gasteiger charge is -2.38. The minimum Gasteiger partial charge on any atom is -0.480 e. The monoisotopic (exact) mass is 479 g/mol. The van der Waals surface area contributed by atoms with Gasteiger partial charge in [0.25, 0.3) is 0 Å². The van der Waals surface area contributed by atoms with Crippen LogP contribution in [0.15, 0.2) is 48.5 Å². The summed E-state index contributed by atoms with van der Waals surface area (Å²) < 4.78 is 5.64. The summed E-state index contributed by atoms with van der Waals surface area (Å²) in [7, 11) is 0. The molecule has 2 N–H and O–H groups in total. The molecule has 8 nitrogen and oxygen atoms in total. The van der Waals surface area contributed by atoms with E-state index in [9.17, 15) is 19.5 Å². The van der Waals surface area contributed by atoms with Gasteiger partial charge >= 0.3 is 12.1 Å². The third kappa shape index (κ3) is 5.17. The Kier molecular flexibility index (Phi) is 7.40. The summed E-state index contributed by atoms with van der Waals surface area (Å²) in [5.74, 6) is -1.22. The van der Waals surface area contributed by atoms with Crippen LogP contribution in [0.4, 0.5) is 4.79 Å². The van der Waals surface area contributed by atoms with Gasteiger partial charge in [-0.2, -0.15) is 0 Å². The fourth-order valence-electron chi connectivity index (χ4n) is 4.96. The van der Waals surface area contributed by atoms with Crippen molar-refractivity contribution in [2.75, 3.05) is 32.8 Å². The van der Waals surface area contributed by atoms with Gasteiger partial charge in [-0.25, -0.2) is 4.79 Å². The molecule has 2 aliphatic rings. The molecule has 1 aliphatic heterocycles. The number of piperazine rings is 1. The second kappa shape index (κ2) is 10.5. The topological polar surface area (TPSA) is 99.2 Å². The number of ether oxygens (including phenoxy) is 1. The lowest BCUT2D eigenvalue weighted by atomic mass is 9.98. The van der Waals surface area contributed by atoms with Gasteiger partial charge in [0, 0.05) is 32.1 Å². The number of nitrogens with zero attached hydrogens (tertiary/aromatic N) is 2. The number of fused-ring (bicyclic) bond motifs is 3. The number of carbonyl (C=O) groups excluding carboxylic acids is 2. The van der Waals surface area contributed by atoms with Crippen molar-refractivity contribution in [3.05, 3.63) is 59.7 Å². The number of alkyl carbamates (subject to hydrolysis) is 1. The molecule has 1 fully saturated rings. The Hall–Kier alpha value is -3.39. The number of rotatable bonds is 7. The van der Waals surface area contributed by atoms with Crippen LogP contribution in [0.25, 0.3) is 11.1 Å². The van der Waals surface area contributed by atoms with Crippen molar-refractivity contribution in [2.45, 2.75) is 38.8 Å². The molecule has 1 aliphatic carbocycles. The first-order chi connectivity index (χ1) is 16.8. The van der Waals surface area contributed by atoms with E-state index < -0.39 is 24.1 Å². The number of hydrogen-bond acceptors (Lipinski definition) is 5. The molecule has 2 aromatic carbocycles. The van der Waals surface area contributed by atoms with Gasteiger partial charge in [-0.3, -0.25) is 14.5 Å². The standard InChI is InChI=1S/C27H33N3O5/c1-17(2)24(25(31)30-14-12-29(13-15-30)18(3)26(32)33)28-27(34)35-16-23-21-10-6-4-8-19(21)20-9-5-7-11-22(20)23/h4-11,17-18,23-24H,12-16H2,1-3H3,(H,28,34)(H,32,33)/t18?,24-/m0/s1. The number of benzene rings is 2. The number of carbonyl (C=O) groups is 3. The van der Waals surface area contributed by atoms with E-state index >= 15 is 0 Å². The number of hydrogen-bond donors (Lipinski definition) is 2. The zero-order valence-corrected chi connectivity index (χ0v) is 20.4. The molecule has 1 saturated heterocycles. The predicted molar refractivity (Wildman–Crippen MR) is 132 cm³/mol. The highest BCUT2D eigenvalue weighted by molar-refractivity contribution is 5.86. The van der Waals surface area contributed by atoms with Crippen molar-refractivity contribution >= 4 is 18.0 Å². The Morgan fingerprint density at radius 2 is 1.49 bits per heavy atom. The molecule has 35 heavy (non-hydrogen) atoms. The number of nitrogens with one attached hydrogen (secondary N) is 1. The van der Waals surface area contributed by atoms with Crippen molar-refractivity contribution in [3.8, 4) is 11.1 Å². The van der Waals surface area contributed by atoms with E-state index in [4.69, 9.17) is 4.74 Å². The molecule has 0 saturated carbocycles. The van der Waals surface area contributed by atoms with E-state index in [1.165, 1.54) is 0 Å². The minimum absolute atomic E-state index is 0.0503. The number of carboxylic acid groups (broad SMARTS) is 1. The molecule has 0 bridgehead atoms. The summed E-state index contributed by atoms with van der Waals surface area (Å²) in [4.78, 5) is 40.7. The van der Waals surface area contributed by atoms with E-state index in [2.05, 4.69) is 29.6 Å². The summed E-state index contributed by atoms with van der Waals surface area (Å²) in [6.07, 6.45) is -0.614. The molecule has 0 radical (unpaired) electrons. The van der Waals surface area contributed by atoms with Crippen molar-refractivity contribution in [1.82, 2.24) is 15.1 Å². The van der Waals surface area contributed by atoms with Gasteiger partial charge in [-0.05, 0) is 35.1 Å². The van der Waals surface area contributed by atoms with Crippen LogP contribution in [-0.4, -0.2) is 77.7 Å². The Morgan fingerprint density at radius 1 is 0.943 bits per heavy atom. The first kappa shape index (κ1) is 24.7. The smallest absolute Gasteiger partial charge is 0.407 e. The van der Waals surface area contributed by atoms with Gasteiger partial charge in [-0.1, -0.05) is 62.4 Å². The molecule has 1 heterocycles. The van der Waals surface area contributed by atoms with Crippen LogP contribution >= 0.6 is 0 Å². The van der Waals surface area contributed by atoms with E-state index in [0.717, 1.165) is 22.3 Å². The highest BCUT2D eigenvalue weighted by Gasteiger charge is 2.34. The molecule has 4 rings (SSSR count). The highest BCUT2D eigenvalue weighted by Crippen LogP contribution is 2.44. The predicted octanol–water partition coefficient (Wildman–Crippen LogP) is 3.17. The Labute approximate surface area is 205 Å². The van der Waals surface area contributed by atoms with E-state index in [0.29, 0.717) is 26.2 Å². The molecule has 0 aromatic heterocycles. The van der Waals surface area contributed by atoms with Gasteiger partial charge < -0.3 is 20.1 Å². The molecule has 1 unspecified atom stereocenters. The van der Waals surface area contributed by atoms with E-state index in [-0.39, 0.29) is 24.3 Å². The normalized spacial score (nSPS) is 17.4. The van der Waals surface area contributed by atoms with Crippen molar-refractivity contribution in [1.29, 1.82) is 0 Å². The van der Waals surface area contributed by atoms with Gasteiger partial charge in [-0.15, -0.1) is 0 Å². The molecule has 2 atom stereocenters. The molecule has 8 heteroatoms. The first-order valence-corrected chi connectivity index (χ1v) is 12.1. The number of aliphatic carboxylic acids is 1. The maximum atomic E-state index is 13.2. The Bertz CT molecular complexity index is 1050. The first-order valence-electron chi connectivity index (χ1n) is 12.1. The third-order valence-corrected chi connectivity index (χ3v) is 7.08. The van der Waals surface area contributed by atoms with Crippen LogP contribution in [0.1, 0.15) is 37.8 Å². The molecule has 2 aromatic rings. The minimum atomic E-state index is -0.873. The molecule has 2 amide bonds. The lowest BCUT2D eigenvalue weighted by Crippen LogP contribution is -2.58. The summed E-state index contributed by atoms with van der Waals surface area (Å²) in [5.41, 5.74) is 4.57. The summed E-state index contributed by atoms with van der Waals surface area (Å²) in [5, 5.41) is 12.0. The van der Waals surface area contributed by atoms with Crippen molar-refractivity contribution in [3.63, 3.8) is 0 Å². The number of amides is 2. The lowest BCUT2D eigenvalue weighted by molar-refractivity contribution is -0.144. The molecule has 186 valence electrons. The van der Waals surface area contributed by atoms with E-state index in [1.54, 1.807) is 11.8 Å². The summed E-state index contributed by atoms with van der Waals surface area (Å²) in [6.45, 7) is 7.41. The second-order valence-corrected chi connectivity index (χ2v) is 9.57. The van der Waals surface area contributed by atoms with Gasteiger partial charge in [0.15, 0.2) is 0 Å². The Balaban J connectivity index is 1.36. The zero-order chi connectivity index (χ0) is 25.1. The van der Waals surface area contributed by atoms with Gasteiger partial charge in [0.05, 0.1) is 0 Å². The van der Waals surface area contributed by atoms with Crippen molar-refractivity contribution in [2.24, 2.45) is 5.92 Å².